The molecule has 0 aliphatic carbocycles. The van der Waals surface area contributed by atoms with E-state index in [0.29, 0.717) is 31.7 Å². The van der Waals surface area contributed by atoms with Gasteiger partial charge in [-0.15, -0.1) is 0 Å². The van der Waals surface area contributed by atoms with Gasteiger partial charge in [0.25, 0.3) is 0 Å². The maximum absolute atomic E-state index is 12.3. The Hall–Kier alpha value is -1.90. The first-order valence-electron chi connectivity index (χ1n) is 7.00. The molecule has 0 unspecified atom stereocenters. The van der Waals surface area contributed by atoms with Crippen LogP contribution in [0.4, 0.5) is 0 Å². The maximum atomic E-state index is 12.3. The molecule has 0 heterocycles. The van der Waals surface area contributed by atoms with Crippen LogP contribution in [0.5, 0.6) is 0 Å². The summed E-state index contributed by atoms with van der Waals surface area (Å²) in [7, 11) is 0. The van der Waals surface area contributed by atoms with E-state index in [-0.39, 0.29) is 12.5 Å². The predicted octanol–water partition coefficient (Wildman–Crippen LogP) is 1.35. The van der Waals surface area contributed by atoms with E-state index in [2.05, 4.69) is 11.4 Å². The highest BCUT2D eigenvalue weighted by Crippen LogP contribution is 2.24. The highest BCUT2D eigenvalue weighted by molar-refractivity contribution is 5.87. The molecule has 0 fully saturated rings. The Balaban J connectivity index is 2.53. The van der Waals surface area contributed by atoms with E-state index in [9.17, 15) is 4.79 Å². The zero-order valence-corrected chi connectivity index (χ0v) is 12.6. The number of ether oxygens (including phenoxy) is 1. The number of amides is 1. The van der Waals surface area contributed by atoms with Crippen molar-refractivity contribution in [1.82, 2.24) is 5.32 Å². The first kappa shape index (κ1) is 17.2. The third kappa shape index (κ3) is 5.18. The second-order valence-electron chi connectivity index (χ2n) is 5.26. The number of nitrogens with zero attached hydrogens (tertiary/aromatic N) is 1. The van der Waals surface area contributed by atoms with Crippen LogP contribution >= 0.6 is 0 Å². The molecule has 0 radical (unpaired) electrons. The molecule has 0 aromatic heterocycles. The number of rotatable bonds is 8. The molecule has 1 aromatic rings. The lowest BCUT2D eigenvalue weighted by Gasteiger charge is -2.24. The standard InChI is InChI=1S/C16H22N2O3/c1-16(2,14-6-3-5-13(11-14)12-17)15(20)18-7-4-9-21-10-8-19/h3,5-6,11,19H,4,7-10H2,1-2H3,(H,18,20). The van der Waals surface area contributed by atoms with Crippen molar-refractivity contribution in [2.24, 2.45) is 0 Å². The van der Waals surface area contributed by atoms with E-state index in [0.717, 1.165) is 5.56 Å². The van der Waals surface area contributed by atoms with E-state index < -0.39 is 5.41 Å². The molecule has 2 N–H and O–H groups in total. The molecular formula is C16H22N2O3. The van der Waals surface area contributed by atoms with Gasteiger partial charge in [-0.25, -0.2) is 0 Å². The SMILES string of the molecule is CC(C)(C(=O)NCCCOCCO)c1cccc(C#N)c1. The average molecular weight is 290 g/mol. The minimum Gasteiger partial charge on any atom is -0.394 e. The number of aliphatic hydroxyl groups is 1. The van der Waals surface area contributed by atoms with E-state index in [1.54, 1.807) is 18.2 Å². The molecule has 114 valence electrons. The highest BCUT2D eigenvalue weighted by Gasteiger charge is 2.29. The summed E-state index contributed by atoms with van der Waals surface area (Å²) in [6, 6.07) is 9.18. The average Bonchev–Trinajstić information content (AvgIpc) is 2.50. The van der Waals surface area contributed by atoms with Gasteiger partial charge in [0, 0.05) is 13.2 Å². The first-order valence-corrected chi connectivity index (χ1v) is 7.00. The van der Waals surface area contributed by atoms with Crippen molar-refractivity contribution < 1.29 is 14.6 Å². The molecule has 1 aromatic carbocycles. The number of nitriles is 1. The van der Waals surface area contributed by atoms with Gasteiger partial charge in [0.15, 0.2) is 0 Å². The number of benzene rings is 1. The molecular weight excluding hydrogens is 268 g/mol. The Morgan fingerprint density at radius 1 is 1.43 bits per heavy atom. The second-order valence-corrected chi connectivity index (χ2v) is 5.26. The predicted molar refractivity (Wildman–Crippen MR) is 79.7 cm³/mol. The van der Waals surface area contributed by atoms with Crippen LogP contribution in [-0.4, -0.2) is 37.4 Å². The van der Waals surface area contributed by atoms with Crippen LogP contribution in [0.2, 0.25) is 0 Å². The summed E-state index contributed by atoms with van der Waals surface area (Å²) in [4.78, 5) is 12.3. The van der Waals surface area contributed by atoms with Gasteiger partial charge >= 0.3 is 0 Å². The summed E-state index contributed by atoms with van der Waals surface area (Å²) in [5.41, 5.74) is 0.667. The zero-order valence-electron chi connectivity index (χ0n) is 12.6. The quantitative estimate of drug-likeness (QED) is 0.708. The maximum Gasteiger partial charge on any atom is 0.230 e. The summed E-state index contributed by atoms with van der Waals surface area (Å²) < 4.78 is 5.13. The fourth-order valence-corrected chi connectivity index (χ4v) is 1.87. The van der Waals surface area contributed by atoms with Gasteiger partial charge in [0.2, 0.25) is 5.91 Å². The van der Waals surface area contributed by atoms with Gasteiger partial charge in [0.05, 0.1) is 30.3 Å². The van der Waals surface area contributed by atoms with Crippen molar-refractivity contribution in [3.8, 4) is 6.07 Å². The van der Waals surface area contributed by atoms with Gasteiger partial charge in [-0.1, -0.05) is 12.1 Å². The van der Waals surface area contributed by atoms with Gasteiger partial charge < -0.3 is 15.2 Å². The first-order chi connectivity index (χ1) is 10.0. The summed E-state index contributed by atoms with van der Waals surface area (Å²) >= 11 is 0. The minimum atomic E-state index is -0.696. The van der Waals surface area contributed by atoms with E-state index in [1.807, 2.05) is 19.9 Å². The lowest BCUT2D eigenvalue weighted by atomic mass is 9.83. The minimum absolute atomic E-state index is 0.00855. The van der Waals surface area contributed by atoms with Crippen molar-refractivity contribution in [3.63, 3.8) is 0 Å². The molecule has 0 atom stereocenters. The van der Waals surface area contributed by atoms with Crippen LogP contribution in [0, 0.1) is 11.3 Å². The van der Waals surface area contributed by atoms with Crippen molar-refractivity contribution in [1.29, 1.82) is 5.26 Å². The molecule has 5 nitrogen and oxygen atoms in total. The summed E-state index contributed by atoms with van der Waals surface area (Å²) in [6.07, 6.45) is 0.694. The van der Waals surface area contributed by atoms with Gasteiger partial charge in [-0.05, 0) is 38.0 Å². The molecule has 0 aliphatic heterocycles. The molecule has 0 saturated heterocycles. The lowest BCUT2D eigenvalue weighted by Crippen LogP contribution is -2.40. The van der Waals surface area contributed by atoms with Crippen molar-refractivity contribution in [2.75, 3.05) is 26.4 Å². The molecule has 0 saturated carbocycles. The second kappa shape index (κ2) is 8.40. The number of hydrogen-bond acceptors (Lipinski definition) is 4. The molecule has 1 rings (SSSR count). The number of hydrogen-bond donors (Lipinski definition) is 2. The Bertz CT molecular complexity index is 506. The molecule has 1 amide bonds. The Morgan fingerprint density at radius 3 is 2.86 bits per heavy atom. The van der Waals surface area contributed by atoms with Crippen molar-refractivity contribution in [2.45, 2.75) is 25.7 Å². The smallest absolute Gasteiger partial charge is 0.230 e. The highest BCUT2D eigenvalue weighted by atomic mass is 16.5. The summed E-state index contributed by atoms with van der Waals surface area (Å²) in [5, 5.41) is 20.4. The lowest BCUT2D eigenvalue weighted by molar-refractivity contribution is -0.125. The van der Waals surface area contributed by atoms with Gasteiger partial charge in [0.1, 0.15) is 0 Å². The van der Waals surface area contributed by atoms with Gasteiger partial charge in [-0.2, -0.15) is 5.26 Å². The number of carbonyl (C=O) groups is 1. The van der Waals surface area contributed by atoms with Crippen LogP contribution < -0.4 is 5.32 Å². The summed E-state index contributed by atoms with van der Waals surface area (Å²) in [5.74, 6) is -0.0836. The third-order valence-corrected chi connectivity index (χ3v) is 3.27. The Morgan fingerprint density at radius 2 is 2.19 bits per heavy atom. The number of carbonyl (C=O) groups excluding carboxylic acids is 1. The molecule has 0 bridgehead atoms. The van der Waals surface area contributed by atoms with E-state index >= 15 is 0 Å². The zero-order chi connectivity index (χ0) is 15.7. The topological polar surface area (TPSA) is 82.3 Å². The fourth-order valence-electron chi connectivity index (χ4n) is 1.87. The van der Waals surface area contributed by atoms with Crippen molar-refractivity contribution >= 4 is 5.91 Å². The van der Waals surface area contributed by atoms with Crippen LogP contribution in [0.1, 0.15) is 31.4 Å². The largest absolute Gasteiger partial charge is 0.394 e. The van der Waals surface area contributed by atoms with Crippen molar-refractivity contribution in [3.05, 3.63) is 35.4 Å². The van der Waals surface area contributed by atoms with Crippen LogP contribution in [0.25, 0.3) is 0 Å². The van der Waals surface area contributed by atoms with Crippen LogP contribution in [-0.2, 0) is 14.9 Å². The number of aliphatic hydroxyl groups excluding tert-OH is 1. The molecule has 21 heavy (non-hydrogen) atoms. The molecule has 0 spiro atoms. The summed E-state index contributed by atoms with van der Waals surface area (Å²) in [6.45, 7) is 5.02. The van der Waals surface area contributed by atoms with Crippen LogP contribution in [0.15, 0.2) is 24.3 Å². The van der Waals surface area contributed by atoms with Gasteiger partial charge in [-0.3, -0.25) is 4.79 Å². The Labute approximate surface area is 125 Å². The fraction of sp³-hybridized carbons (Fsp3) is 0.500. The van der Waals surface area contributed by atoms with Crippen LogP contribution in [0.3, 0.4) is 0 Å². The normalized spacial score (nSPS) is 11.0. The molecule has 0 aliphatic rings. The third-order valence-electron chi connectivity index (χ3n) is 3.27. The number of nitrogens with one attached hydrogen (secondary N) is 1. The van der Waals surface area contributed by atoms with E-state index in [4.69, 9.17) is 15.1 Å². The Kier molecular flexibility index (Phi) is 6.86. The van der Waals surface area contributed by atoms with E-state index in [1.165, 1.54) is 0 Å². The monoisotopic (exact) mass is 290 g/mol. The molecule has 5 heteroatoms.